The third-order valence-electron chi connectivity index (χ3n) is 3.14. The summed E-state index contributed by atoms with van der Waals surface area (Å²) >= 11 is 2.06. The average molecular weight is 221 g/mol. The van der Waals surface area contributed by atoms with Gasteiger partial charge in [-0.05, 0) is 42.7 Å². The fourth-order valence-electron chi connectivity index (χ4n) is 2.07. The molecule has 2 rings (SSSR count). The minimum atomic E-state index is 0.731. The first kappa shape index (κ1) is 11.0. The molecule has 0 spiro atoms. The highest BCUT2D eigenvalue weighted by atomic mass is 32.2. The van der Waals surface area contributed by atoms with Gasteiger partial charge >= 0.3 is 0 Å². The Morgan fingerprint density at radius 3 is 2.67 bits per heavy atom. The van der Waals surface area contributed by atoms with E-state index in [4.69, 9.17) is 0 Å². The van der Waals surface area contributed by atoms with Crippen LogP contribution in [-0.2, 0) is 6.54 Å². The van der Waals surface area contributed by atoms with Gasteiger partial charge in [-0.3, -0.25) is 0 Å². The maximum atomic E-state index is 3.66. The first-order chi connectivity index (χ1) is 7.27. The van der Waals surface area contributed by atoms with Crippen LogP contribution in [0.5, 0.6) is 0 Å². The number of nitrogens with one attached hydrogen (secondary N) is 1. The lowest BCUT2D eigenvalue weighted by Crippen LogP contribution is -2.28. The SMILES string of the molecule is Cc1cccc(C)c1CNC1CCSC1. The zero-order valence-electron chi connectivity index (χ0n) is 9.55. The predicted molar refractivity (Wildman–Crippen MR) is 68.5 cm³/mol. The summed E-state index contributed by atoms with van der Waals surface area (Å²) in [4.78, 5) is 0. The summed E-state index contributed by atoms with van der Waals surface area (Å²) in [5.74, 6) is 2.61. The fraction of sp³-hybridized carbons (Fsp3) is 0.538. The molecule has 1 saturated heterocycles. The highest BCUT2D eigenvalue weighted by Gasteiger charge is 2.14. The minimum absolute atomic E-state index is 0.731. The summed E-state index contributed by atoms with van der Waals surface area (Å²) in [6.45, 7) is 5.44. The van der Waals surface area contributed by atoms with Crippen LogP contribution in [0.2, 0.25) is 0 Å². The largest absolute Gasteiger partial charge is 0.309 e. The Balaban J connectivity index is 1.97. The number of thioether (sulfide) groups is 1. The van der Waals surface area contributed by atoms with Gasteiger partial charge in [-0.1, -0.05) is 18.2 Å². The van der Waals surface area contributed by atoms with Crippen LogP contribution < -0.4 is 5.32 Å². The molecule has 1 nitrogen and oxygen atoms in total. The molecule has 1 aromatic rings. The fourth-order valence-corrected chi connectivity index (χ4v) is 3.26. The Hall–Kier alpha value is -0.470. The molecule has 0 radical (unpaired) electrons. The Labute approximate surface area is 96.7 Å². The van der Waals surface area contributed by atoms with Crippen LogP contribution in [0.1, 0.15) is 23.1 Å². The molecule has 0 amide bonds. The van der Waals surface area contributed by atoms with Crippen molar-refractivity contribution in [2.75, 3.05) is 11.5 Å². The molecule has 0 bridgehead atoms. The van der Waals surface area contributed by atoms with E-state index < -0.39 is 0 Å². The molecule has 1 aliphatic heterocycles. The van der Waals surface area contributed by atoms with Gasteiger partial charge in [0.1, 0.15) is 0 Å². The topological polar surface area (TPSA) is 12.0 Å². The summed E-state index contributed by atoms with van der Waals surface area (Å²) in [6.07, 6.45) is 1.33. The van der Waals surface area contributed by atoms with Crippen molar-refractivity contribution in [2.45, 2.75) is 32.9 Å². The van der Waals surface area contributed by atoms with E-state index in [0.29, 0.717) is 0 Å². The van der Waals surface area contributed by atoms with E-state index in [2.05, 4.69) is 49.1 Å². The first-order valence-corrected chi connectivity index (χ1v) is 6.79. The van der Waals surface area contributed by atoms with Crippen molar-refractivity contribution in [2.24, 2.45) is 0 Å². The Kier molecular flexibility index (Phi) is 3.71. The maximum absolute atomic E-state index is 3.66. The van der Waals surface area contributed by atoms with Gasteiger partial charge in [-0.15, -0.1) is 0 Å². The third-order valence-corrected chi connectivity index (χ3v) is 4.30. The molecule has 1 fully saturated rings. The normalized spacial score (nSPS) is 20.8. The Morgan fingerprint density at radius 2 is 2.07 bits per heavy atom. The van der Waals surface area contributed by atoms with E-state index in [0.717, 1.165) is 12.6 Å². The zero-order chi connectivity index (χ0) is 10.7. The van der Waals surface area contributed by atoms with Gasteiger partial charge in [-0.25, -0.2) is 0 Å². The number of benzene rings is 1. The molecule has 1 unspecified atom stereocenters. The molecule has 0 aromatic heterocycles. The molecule has 1 aromatic carbocycles. The van der Waals surface area contributed by atoms with E-state index in [1.54, 1.807) is 0 Å². The molecule has 0 aliphatic carbocycles. The Morgan fingerprint density at radius 1 is 1.33 bits per heavy atom. The summed E-state index contributed by atoms with van der Waals surface area (Å²) in [5.41, 5.74) is 4.30. The molecule has 82 valence electrons. The van der Waals surface area contributed by atoms with Crippen molar-refractivity contribution in [1.29, 1.82) is 0 Å². The number of hydrogen-bond donors (Lipinski definition) is 1. The zero-order valence-corrected chi connectivity index (χ0v) is 10.4. The van der Waals surface area contributed by atoms with E-state index in [9.17, 15) is 0 Å². The van der Waals surface area contributed by atoms with Crippen molar-refractivity contribution in [3.05, 3.63) is 34.9 Å². The monoisotopic (exact) mass is 221 g/mol. The molecule has 15 heavy (non-hydrogen) atoms. The van der Waals surface area contributed by atoms with Gasteiger partial charge in [0.2, 0.25) is 0 Å². The number of hydrogen-bond acceptors (Lipinski definition) is 2. The van der Waals surface area contributed by atoms with Crippen LogP contribution in [0.4, 0.5) is 0 Å². The smallest absolute Gasteiger partial charge is 0.0213 e. The molecule has 1 atom stereocenters. The standard InChI is InChI=1S/C13H19NS/c1-10-4-3-5-11(2)13(10)8-14-12-6-7-15-9-12/h3-5,12,14H,6-9H2,1-2H3. The van der Waals surface area contributed by atoms with Crippen LogP contribution in [0, 0.1) is 13.8 Å². The van der Waals surface area contributed by atoms with E-state index in [1.165, 1.54) is 34.6 Å². The highest BCUT2D eigenvalue weighted by molar-refractivity contribution is 7.99. The maximum Gasteiger partial charge on any atom is 0.0213 e. The van der Waals surface area contributed by atoms with Gasteiger partial charge in [0.05, 0.1) is 0 Å². The summed E-state index contributed by atoms with van der Waals surface area (Å²) in [5, 5.41) is 3.66. The third kappa shape index (κ3) is 2.76. The lowest BCUT2D eigenvalue weighted by atomic mass is 10.0. The number of aryl methyl sites for hydroxylation is 2. The second-order valence-corrected chi connectivity index (χ2v) is 5.46. The van der Waals surface area contributed by atoms with Gasteiger partial charge < -0.3 is 5.32 Å². The first-order valence-electron chi connectivity index (χ1n) is 5.63. The molecular formula is C13H19NS. The number of rotatable bonds is 3. The molecular weight excluding hydrogens is 202 g/mol. The van der Waals surface area contributed by atoms with Crippen molar-refractivity contribution in [1.82, 2.24) is 5.32 Å². The van der Waals surface area contributed by atoms with Crippen molar-refractivity contribution >= 4 is 11.8 Å². The van der Waals surface area contributed by atoms with Crippen LogP contribution in [0.3, 0.4) is 0 Å². The van der Waals surface area contributed by atoms with Crippen molar-refractivity contribution in [3.63, 3.8) is 0 Å². The Bertz CT molecular complexity index is 309. The van der Waals surface area contributed by atoms with E-state index >= 15 is 0 Å². The quantitative estimate of drug-likeness (QED) is 0.842. The van der Waals surface area contributed by atoms with E-state index in [-0.39, 0.29) is 0 Å². The molecule has 1 N–H and O–H groups in total. The molecule has 1 heterocycles. The van der Waals surface area contributed by atoms with E-state index in [1.807, 2.05) is 0 Å². The lowest BCUT2D eigenvalue weighted by Gasteiger charge is -2.14. The van der Waals surface area contributed by atoms with Gasteiger partial charge in [-0.2, -0.15) is 11.8 Å². The summed E-state index contributed by atoms with van der Waals surface area (Å²) in [7, 11) is 0. The molecule has 2 heteroatoms. The molecule has 1 aliphatic rings. The van der Waals surface area contributed by atoms with Crippen molar-refractivity contribution in [3.8, 4) is 0 Å². The minimum Gasteiger partial charge on any atom is -0.309 e. The second-order valence-electron chi connectivity index (χ2n) is 4.31. The van der Waals surface area contributed by atoms with Gasteiger partial charge in [0, 0.05) is 18.3 Å². The summed E-state index contributed by atoms with van der Waals surface area (Å²) < 4.78 is 0. The average Bonchev–Trinajstić information content (AvgIpc) is 2.70. The lowest BCUT2D eigenvalue weighted by molar-refractivity contribution is 0.556. The van der Waals surface area contributed by atoms with Gasteiger partial charge in [0.15, 0.2) is 0 Å². The molecule has 0 saturated carbocycles. The van der Waals surface area contributed by atoms with Crippen molar-refractivity contribution < 1.29 is 0 Å². The second kappa shape index (κ2) is 5.04. The van der Waals surface area contributed by atoms with Gasteiger partial charge in [0.25, 0.3) is 0 Å². The summed E-state index contributed by atoms with van der Waals surface area (Å²) in [6, 6.07) is 7.27. The highest BCUT2D eigenvalue weighted by Crippen LogP contribution is 2.19. The van der Waals surface area contributed by atoms with Crippen LogP contribution >= 0.6 is 11.8 Å². The van der Waals surface area contributed by atoms with Crippen LogP contribution in [0.15, 0.2) is 18.2 Å². The van der Waals surface area contributed by atoms with Crippen LogP contribution in [-0.4, -0.2) is 17.5 Å². The van der Waals surface area contributed by atoms with Crippen LogP contribution in [0.25, 0.3) is 0 Å². The predicted octanol–water partition coefficient (Wildman–Crippen LogP) is 2.90.